The van der Waals surface area contributed by atoms with Crippen LogP contribution in [0.3, 0.4) is 0 Å². The normalized spacial score (nSPS) is 14.6. The molecule has 0 aliphatic carbocycles. The maximum Gasteiger partial charge on any atom is 0.342 e. The van der Waals surface area contributed by atoms with Gasteiger partial charge in [0.15, 0.2) is 5.60 Å². The molecule has 0 aliphatic rings. The summed E-state index contributed by atoms with van der Waals surface area (Å²) in [5, 5.41) is 9.88. The lowest BCUT2D eigenvalue weighted by atomic mass is 9.96. The molecule has 0 saturated carbocycles. The molecule has 0 bridgehead atoms. The van der Waals surface area contributed by atoms with Crippen LogP contribution in [0.4, 0.5) is 0 Å². The van der Waals surface area contributed by atoms with Crippen LogP contribution in [-0.4, -0.2) is 18.2 Å². The van der Waals surface area contributed by atoms with Crippen molar-refractivity contribution >= 4 is 21.9 Å². The standard InChI is InChI=1S/C10H11BrO3/c1-10(13,9(12)14-2)7-4-3-5-8(11)6-7/h3-6,13H,1-2H3/t10-/m1/s1. The SMILES string of the molecule is COC(=O)[C@](C)(O)c1cccc(Br)c1. The smallest absolute Gasteiger partial charge is 0.342 e. The molecule has 0 radical (unpaired) electrons. The highest BCUT2D eigenvalue weighted by molar-refractivity contribution is 9.10. The maximum atomic E-state index is 11.3. The summed E-state index contributed by atoms with van der Waals surface area (Å²) in [6, 6.07) is 6.91. The lowest BCUT2D eigenvalue weighted by Crippen LogP contribution is -2.33. The predicted molar refractivity (Wildman–Crippen MR) is 55.7 cm³/mol. The topological polar surface area (TPSA) is 46.5 Å². The fraction of sp³-hybridized carbons (Fsp3) is 0.300. The molecule has 1 aromatic carbocycles. The Bertz CT molecular complexity index is 347. The van der Waals surface area contributed by atoms with E-state index >= 15 is 0 Å². The van der Waals surface area contributed by atoms with E-state index in [-0.39, 0.29) is 0 Å². The van der Waals surface area contributed by atoms with Crippen molar-refractivity contribution in [1.82, 2.24) is 0 Å². The second-order valence-corrected chi connectivity index (χ2v) is 3.99. The molecule has 4 heteroatoms. The van der Waals surface area contributed by atoms with Gasteiger partial charge in [-0.2, -0.15) is 0 Å². The summed E-state index contributed by atoms with van der Waals surface area (Å²) in [6.07, 6.45) is 0. The van der Waals surface area contributed by atoms with Crippen LogP contribution in [0.25, 0.3) is 0 Å². The highest BCUT2D eigenvalue weighted by Crippen LogP contribution is 2.24. The molecule has 3 nitrogen and oxygen atoms in total. The summed E-state index contributed by atoms with van der Waals surface area (Å²) in [5.41, 5.74) is -1.10. The van der Waals surface area contributed by atoms with E-state index in [1.165, 1.54) is 14.0 Å². The van der Waals surface area contributed by atoms with Crippen molar-refractivity contribution in [3.63, 3.8) is 0 Å². The van der Waals surface area contributed by atoms with Crippen molar-refractivity contribution < 1.29 is 14.6 Å². The van der Waals surface area contributed by atoms with Crippen LogP contribution in [0.2, 0.25) is 0 Å². The Kier molecular flexibility index (Phi) is 3.29. The first-order valence-electron chi connectivity index (χ1n) is 4.05. The molecule has 0 amide bonds. The summed E-state index contributed by atoms with van der Waals surface area (Å²) in [7, 11) is 1.24. The first-order chi connectivity index (χ1) is 6.48. The van der Waals surface area contributed by atoms with E-state index in [4.69, 9.17) is 0 Å². The van der Waals surface area contributed by atoms with Gasteiger partial charge in [0.05, 0.1) is 7.11 Å². The van der Waals surface area contributed by atoms with Crippen molar-refractivity contribution in [2.75, 3.05) is 7.11 Å². The second-order valence-electron chi connectivity index (χ2n) is 3.07. The average Bonchev–Trinajstić information content (AvgIpc) is 2.16. The third-order valence-electron chi connectivity index (χ3n) is 1.97. The molecule has 14 heavy (non-hydrogen) atoms. The zero-order valence-electron chi connectivity index (χ0n) is 7.95. The minimum absolute atomic E-state index is 0.499. The number of methoxy groups -OCH3 is 1. The van der Waals surface area contributed by atoms with Gasteiger partial charge in [0.2, 0.25) is 0 Å². The molecule has 0 spiro atoms. The Morgan fingerprint density at radius 2 is 2.21 bits per heavy atom. The number of carbonyl (C=O) groups is 1. The first kappa shape index (κ1) is 11.2. The molecule has 0 aromatic heterocycles. The number of ether oxygens (including phenoxy) is 1. The van der Waals surface area contributed by atoms with Gasteiger partial charge >= 0.3 is 5.97 Å². The van der Waals surface area contributed by atoms with Gasteiger partial charge < -0.3 is 9.84 Å². The fourth-order valence-electron chi connectivity index (χ4n) is 1.11. The number of esters is 1. The molecule has 0 fully saturated rings. The third kappa shape index (κ3) is 2.13. The minimum atomic E-state index is -1.60. The molecule has 0 saturated heterocycles. The van der Waals surface area contributed by atoms with Crippen molar-refractivity contribution in [3.05, 3.63) is 34.3 Å². The van der Waals surface area contributed by atoms with Crippen molar-refractivity contribution in [3.8, 4) is 0 Å². The van der Waals surface area contributed by atoms with Crippen LogP contribution >= 0.6 is 15.9 Å². The van der Waals surface area contributed by atoms with E-state index < -0.39 is 11.6 Å². The molecule has 1 aromatic rings. The van der Waals surface area contributed by atoms with Crippen LogP contribution in [0.1, 0.15) is 12.5 Å². The van der Waals surface area contributed by atoms with Gasteiger partial charge in [-0.25, -0.2) is 4.79 Å². The van der Waals surface area contributed by atoms with Crippen molar-refractivity contribution in [2.24, 2.45) is 0 Å². The molecule has 1 atom stereocenters. The van der Waals surface area contributed by atoms with E-state index in [1.807, 2.05) is 6.07 Å². The van der Waals surface area contributed by atoms with Gasteiger partial charge in [-0.1, -0.05) is 28.1 Å². The quantitative estimate of drug-likeness (QED) is 0.824. The lowest BCUT2D eigenvalue weighted by Gasteiger charge is -2.20. The molecule has 0 aliphatic heterocycles. The number of hydrogen-bond acceptors (Lipinski definition) is 3. The second kappa shape index (κ2) is 4.11. The first-order valence-corrected chi connectivity index (χ1v) is 4.84. The van der Waals surface area contributed by atoms with Gasteiger partial charge in [0, 0.05) is 4.47 Å². The maximum absolute atomic E-state index is 11.3. The van der Waals surface area contributed by atoms with Crippen molar-refractivity contribution in [1.29, 1.82) is 0 Å². The van der Waals surface area contributed by atoms with E-state index in [2.05, 4.69) is 20.7 Å². The zero-order valence-corrected chi connectivity index (χ0v) is 9.54. The van der Waals surface area contributed by atoms with Crippen LogP contribution in [0, 0.1) is 0 Å². The van der Waals surface area contributed by atoms with Crippen molar-refractivity contribution in [2.45, 2.75) is 12.5 Å². The number of carbonyl (C=O) groups excluding carboxylic acids is 1. The molecule has 0 unspecified atom stereocenters. The molecular formula is C10H11BrO3. The monoisotopic (exact) mass is 258 g/mol. The van der Waals surface area contributed by atoms with Crippen LogP contribution < -0.4 is 0 Å². The molecule has 0 heterocycles. The number of hydrogen-bond donors (Lipinski definition) is 1. The van der Waals surface area contributed by atoms with Gasteiger partial charge in [0.25, 0.3) is 0 Å². The fourth-order valence-corrected chi connectivity index (χ4v) is 1.51. The summed E-state index contributed by atoms with van der Waals surface area (Å²) < 4.78 is 5.31. The molecule has 1 rings (SSSR count). The summed E-state index contributed by atoms with van der Waals surface area (Å²) in [4.78, 5) is 11.3. The van der Waals surface area contributed by atoms with E-state index in [0.29, 0.717) is 5.56 Å². The lowest BCUT2D eigenvalue weighted by molar-refractivity contribution is -0.161. The van der Waals surface area contributed by atoms with E-state index in [0.717, 1.165) is 4.47 Å². The van der Waals surface area contributed by atoms with Crippen LogP contribution in [0.15, 0.2) is 28.7 Å². The molecule has 76 valence electrons. The Hall–Kier alpha value is -0.870. The summed E-state index contributed by atoms with van der Waals surface area (Å²) in [5.74, 6) is -0.671. The third-order valence-corrected chi connectivity index (χ3v) is 2.46. The van der Waals surface area contributed by atoms with Gasteiger partial charge in [-0.15, -0.1) is 0 Å². The number of rotatable bonds is 2. The number of benzene rings is 1. The summed E-state index contributed by atoms with van der Waals surface area (Å²) in [6.45, 7) is 1.40. The van der Waals surface area contributed by atoms with E-state index in [9.17, 15) is 9.90 Å². The van der Waals surface area contributed by atoms with Gasteiger partial charge in [0.1, 0.15) is 0 Å². The molecule has 1 N–H and O–H groups in total. The van der Waals surface area contributed by atoms with E-state index in [1.54, 1.807) is 18.2 Å². The Morgan fingerprint density at radius 1 is 1.57 bits per heavy atom. The van der Waals surface area contributed by atoms with Crippen LogP contribution in [0.5, 0.6) is 0 Å². The zero-order chi connectivity index (χ0) is 10.8. The Labute approximate surface area is 90.8 Å². The highest BCUT2D eigenvalue weighted by Gasteiger charge is 2.33. The minimum Gasteiger partial charge on any atom is -0.467 e. The Balaban J connectivity index is 3.09. The van der Waals surface area contributed by atoms with Crippen LogP contribution in [-0.2, 0) is 15.1 Å². The number of aliphatic hydroxyl groups is 1. The van der Waals surface area contributed by atoms with Gasteiger partial charge in [-0.3, -0.25) is 0 Å². The van der Waals surface area contributed by atoms with Gasteiger partial charge in [-0.05, 0) is 24.6 Å². The average molecular weight is 259 g/mol. The Morgan fingerprint density at radius 3 is 2.71 bits per heavy atom. The highest BCUT2D eigenvalue weighted by atomic mass is 79.9. The summed E-state index contributed by atoms with van der Waals surface area (Å²) >= 11 is 3.26. The molecular weight excluding hydrogens is 248 g/mol. The predicted octanol–water partition coefficient (Wildman–Crippen LogP) is 1.83. The largest absolute Gasteiger partial charge is 0.467 e. The number of halogens is 1.